The molecule has 0 saturated carbocycles. The smallest absolute Gasteiger partial charge is 0.221 e. The van der Waals surface area contributed by atoms with Crippen LogP contribution in [-0.4, -0.2) is 44.4 Å². The summed E-state index contributed by atoms with van der Waals surface area (Å²) in [6, 6.07) is -0.0986. The molecule has 0 spiro atoms. The molecular formula is C9H18N2O3. The summed E-state index contributed by atoms with van der Waals surface area (Å²) < 4.78 is 10.6. The lowest BCUT2D eigenvalue weighted by Crippen LogP contribution is -2.40. The van der Waals surface area contributed by atoms with Crippen LogP contribution in [0.25, 0.3) is 0 Å². The first kappa shape index (κ1) is 11.4. The minimum absolute atomic E-state index is 0.0132. The average Bonchev–Trinajstić information content (AvgIpc) is 2.15. The Kier molecular flexibility index (Phi) is 4.86. The second-order valence-corrected chi connectivity index (χ2v) is 3.55. The van der Waals surface area contributed by atoms with E-state index >= 15 is 0 Å². The standard InChI is InChI=1S/C9H18N2O3/c1-7(10)4-9(12)11-5-8-6-13-2-3-14-8/h7-8H,2-6,10H2,1H3,(H,11,12). The Morgan fingerprint density at radius 2 is 2.43 bits per heavy atom. The minimum atomic E-state index is -0.0986. The molecule has 0 aromatic heterocycles. The molecule has 82 valence electrons. The Morgan fingerprint density at radius 1 is 1.64 bits per heavy atom. The topological polar surface area (TPSA) is 73.6 Å². The Labute approximate surface area is 83.9 Å². The summed E-state index contributed by atoms with van der Waals surface area (Å²) in [5.74, 6) is -0.0332. The third kappa shape index (κ3) is 4.55. The maximum atomic E-state index is 11.2. The monoisotopic (exact) mass is 202 g/mol. The van der Waals surface area contributed by atoms with Crippen LogP contribution in [0, 0.1) is 0 Å². The molecule has 1 aliphatic heterocycles. The highest BCUT2D eigenvalue weighted by Crippen LogP contribution is 1.99. The van der Waals surface area contributed by atoms with Gasteiger partial charge in [0.2, 0.25) is 5.91 Å². The van der Waals surface area contributed by atoms with E-state index in [4.69, 9.17) is 15.2 Å². The summed E-state index contributed by atoms with van der Waals surface area (Å²) in [6.45, 7) is 4.11. The SMILES string of the molecule is CC(N)CC(=O)NCC1COCCO1. The van der Waals surface area contributed by atoms with Gasteiger partial charge in [0, 0.05) is 19.0 Å². The van der Waals surface area contributed by atoms with Crippen molar-refractivity contribution in [1.82, 2.24) is 5.32 Å². The van der Waals surface area contributed by atoms with E-state index < -0.39 is 0 Å². The van der Waals surface area contributed by atoms with Crippen molar-refractivity contribution in [2.24, 2.45) is 5.73 Å². The highest BCUT2D eigenvalue weighted by Gasteiger charge is 2.15. The second-order valence-electron chi connectivity index (χ2n) is 3.55. The van der Waals surface area contributed by atoms with E-state index in [2.05, 4.69) is 5.32 Å². The fourth-order valence-corrected chi connectivity index (χ4v) is 1.25. The van der Waals surface area contributed by atoms with Crippen LogP contribution < -0.4 is 11.1 Å². The molecule has 1 amide bonds. The molecule has 1 aliphatic rings. The number of carbonyl (C=O) groups excluding carboxylic acids is 1. The highest BCUT2D eigenvalue weighted by atomic mass is 16.6. The molecule has 0 aliphatic carbocycles. The van der Waals surface area contributed by atoms with Gasteiger partial charge in [-0.15, -0.1) is 0 Å². The molecule has 1 fully saturated rings. The number of hydrogen-bond donors (Lipinski definition) is 2. The van der Waals surface area contributed by atoms with Crippen molar-refractivity contribution in [1.29, 1.82) is 0 Å². The summed E-state index contributed by atoms with van der Waals surface area (Å²) in [7, 11) is 0. The van der Waals surface area contributed by atoms with E-state index in [1.807, 2.05) is 0 Å². The van der Waals surface area contributed by atoms with Crippen LogP contribution in [0.4, 0.5) is 0 Å². The van der Waals surface area contributed by atoms with E-state index in [0.29, 0.717) is 32.8 Å². The molecule has 0 aromatic carbocycles. The molecule has 5 heteroatoms. The molecule has 1 heterocycles. The molecule has 5 nitrogen and oxygen atoms in total. The first-order chi connectivity index (χ1) is 6.68. The predicted molar refractivity (Wildman–Crippen MR) is 51.8 cm³/mol. The molecule has 1 saturated heterocycles. The number of carbonyl (C=O) groups is 1. The number of amides is 1. The lowest BCUT2D eigenvalue weighted by Gasteiger charge is -2.23. The molecule has 1 rings (SSSR count). The van der Waals surface area contributed by atoms with Gasteiger partial charge in [-0.25, -0.2) is 0 Å². The van der Waals surface area contributed by atoms with Crippen LogP contribution in [0.5, 0.6) is 0 Å². The van der Waals surface area contributed by atoms with Crippen molar-refractivity contribution in [3.8, 4) is 0 Å². The van der Waals surface area contributed by atoms with E-state index in [0.717, 1.165) is 0 Å². The van der Waals surface area contributed by atoms with Gasteiger partial charge in [-0.2, -0.15) is 0 Å². The van der Waals surface area contributed by atoms with Crippen LogP contribution in [-0.2, 0) is 14.3 Å². The summed E-state index contributed by atoms with van der Waals surface area (Å²) in [6.07, 6.45) is 0.342. The average molecular weight is 202 g/mol. The maximum absolute atomic E-state index is 11.2. The molecule has 2 unspecified atom stereocenters. The Balaban J connectivity index is 2.09. The number of rotatable bonds is 4. The van der Waals surface area contributed by atoms with Crippen molar-refractivity contribution < 1.29 is 14.3 Å². The van der Waals surface area contributed by atoms with Crippen LogP contribution >= 0.6 is 0 Å². The molecule has 0 radical (unpaired) electrons. The maximum Gasteiger partial charge on any atom is 0.221 e. The number of hydrogen-bond acceptors (Lipinski definition) is 4. The summed E-state index contributed by atoms with van der Waals surface area (Å²) in [4.78, 5) is 11.2. The number of nitrogens with one attached hydrogen (secondary N) is 1. The van der Waals surface area contributed by atoms with Crippen molar-refractivity contribution in [3.63, 3.8) is 0 Å². The first-order valence-corrected chi connectivity index (χ1v) is 4.90. The quantitative estimate of drug-likeness (QED) is 0.629. The highest BCUT2D eigenvalue weighted by molar-refractivity contribution is 5.76. The van der Waals surface area contributed by atoms with E-state index in [1.165, 1.54) is 0 Å². The number of ether oxygens (including phenoxy) is 2. The molecule has 3 N–H and O–H groups in total. The zero-order valence-electron chi connectivity index (χ0n) is 8.49. The largest absolute Gasteiger partial charge is 0.376 e. The summed E-state index contributed by atoms with van der Waals surface area (Å²) in [5, 5.41) is 2.76. The fraction of sp³-hybridized carbons (Fsp3) is 0.889. The van der Waals surface area contributed by atoms with Crippen molar-refractivity contribution >= 4 is 5.91 Å². The van der Waals surface area contributed by atoms with Gasteiger partial charge in [-0.3, -0.25) is 4.79 Å². The lowest BCUT2D eigenvalue weighted by atomic mass is 10.2. The van der Waals surface area contributed by atoms with Gasteiger partial charge < -0.3 is 20.5 Å². The first-order valence-electron chi connectivity index (χ1n) is 4.90. The predicted octanol–water partition coefficient (Wildman–Crippen LogP) is -0.745. The van der Waals surface area contributed by atoms with Crippen LogP contribution in [0.2, 0.25) is 0 Å². The summed E-state index contributed by atoms with van der Waals surface area (Å²) >= 11 is 0. The fourth-order valence-electron chi connectivity index (χ4n) is 1.25. The van der Waals surface area contributed by atoms with E-state index in [9.17, 15) is 4.79 Å². The minimum Gasteiger partial charge on any atom is -0.376 e. The van der Waals surface area contributed by atoms with Gasteiger partial charge in [0.25, 0.3) is 0 Å². The Morgan fingerprint density at radius 3 is 3.00 bits per heavy atom. The van der Waals surface area contributed by atoms with E-state index in [-0.39, 0.29) is 18.1 Å². The van der Waals surface area contributed by atoms with Crippen molar-refractivity contribution in [3.05, 3.63) is 0 Å². The van der Waals surface area contributed by atoms with Gasteiger partial charge in [-0.1, -0.05) is 0 Å². The van der Waals surface area contributed by atoms with Gasteiger partial charge in [0.15, 0.2) is 0 Å². The zero-order valence-corrected chi connectivity index (χ0v) is 8.49. The van der Waals surface area contributed by atoms with Gasteiger partial charge in [0.05, 0.1) is 25.9 Å². The molecule has 14 heavy (non-hydrogen) atoms. The second kappa shape index (κ2) is 5.95. The molecular weight excluding hydrogens is 184 g/mol. The molecule has 2 atom stereocenters. The van der Waals surface area contributed by atoms with Crippen molar-refractivity contribution in [2.45, 2.75) is 25.5 Å². The summed E-state index contributed by atoms with van der Waals surface area (Å²) in [5.41, 5.74) is 5.49. The Hall–Kier alpha value is -0.650. The van der Waals surface area contributed by atoms with Crippen molar-refractivity contribution in [2.75, 3.05) is 26.4 Å². The normalized spacial score (nSPS) is 24.3. The van der Waals surface area contributed by atoms with Crippen LogP contribution in [0.3, 0.4) is 0 Å². The van der Waals surface area contributed by atoms with Gasteiger partial charge >= 0.3 is 0 Å². The van der Waals surface area contributed by atoms with Crippen LogP contribution in [0.1, 0.15) is 13.3 Å². The third-order valence-corrected chi connectivity index (χ3v) is 1.92. The number of nitrogens with two attached hydrogens (primary N) is 1. The molecule has 0 bridgehead atoms. The van der Waals surface area contributed by atoms with Gasteiger partial charge in [0.1, 0.15) is 0 Å². The van der Waals surface area contributed by atoms with E-state index in [1.54, 1.807) is 6.92 Å². The third-order valence-electron chi connectivity index (χ3n) is 1.92. The Bertz CT molecular complexity index is 179. The van der Waals surface area contributed by atoms with Gasteiger partial charge in [-0.05, 0) is 6.92 Å². The van der Waals surface area contributed by atoms with Crippen LogP contribution in [0.15, 0.2) is 0 Å². The lowest BCUT2D eigenvalue weighted by molar-refractivity contribution is -0.124. The molecule has 0 aromatic rings. The zero-order chi connectivity index (χ0) is 10.4.